The van der Waals surface area contributed by atoms with Crippen LogP contribution in [0.2, 0.25) is 0 Å². The molecule has 0 spiro atoms. The third-order valence-corrected chi connectivity index (χ3v) is 3.57. The summed E-state index contributed by atoms with van der Waals surface area (Å²) < 4.78 is 18.2. The maximum atomic E-state index is 11.7. The maximum Gasteiger partial charge on any atom is 0.334 e. The first-order valence-electron chi connectivity index (χ1n) is 4.84. The van der Waals surface area contributed by atoms with E-state index in [2.05, 4.69) is 0 Å². The van der Waals surface area contributed by atoms with Crippen molar-refractivity contribution in [3.05, 3.63) is 30.3 Å². The Morgan fingerprint density at radius 3 is 2.60 bits per heavy atom. The molecule has 0 N–H and O–H groups in total. The maximum absolute atomic E-state index is 11.7. The van der Waals surface area contributed by atoms with E-state index in [4.69, 9.17) is 4.52 Å². The Balaban J connectivity index is 2.01. The minimum atomic E-state index is -2.43. The second-order valence-corrected chi connectivity index (χ2v) is 4.61. The lowest BCUT2D eigenvalue weighted by molar-refractivity contribution is -0.123. The smallest absolute Gasteiger partial charge is 0.334 e. The molecule has 4 nitrogen and oxygen atoms in total. The largest absolute Gasteiger partial charge is 0.431 e. The number of hydrogen-bond acceptors (Lipinski definition) is 3. The molecule has 15 heavy (non-hydrogen) atoms. The van der Waals surface area contributed by atoms with Crippen LogP contribution in [0.5, 0.6) is 5.75 Å². The lowest BCUT2D eigenvalue weighted by Gasteiger charge is -2.15. The van der Waals surface area contributed by atoms with Gasteiger partial charge in [0, 0.05) is 13.0 Å². The molecule has 1 aliphatic rings. The zero-order chi connectivity index (χ0) is 10.7. The highest BCUT2D eigenvalue weighted by molar-refractivity contribution is 7.37. The number of carbonyl (C=O) groups excluding carboxylic acids is 1. The molecule has 1 amide bonds. The van der Waals surface area contributed by atoms with Crippen LogP contribution in [0.15, 0.2) is 30.3 Å². The van der Waals surface area contributed by atoms with Crippen LogP contribution in [-0.2, 0) is 9.36 Å². The van der Waals surface area contributed by atoms with Crippen molar-refractivity contribution in [3.63, 3.8) is 0 Å². The first-order chi connectivity index (χ1) is 7.27. The Morgan fingerprint density at radius 2 is 2.00 bits per heavy atom. The topological polar surface area (TPSA) is 46.6 Å². The third kappa shape index (κ3) is 2.39. The van der Waals surface area contributed by atoms with Crippen LogP contribution in [-0.4, -0.2) is 17.1 Å². The zero-order valence-electron chi connectivity index (χ0n) is 8.18. The number of para-hydroxylation sites is 1. The molecular weight excluding hydrogens is 213 g/mol. The van der Waals surface area contributed by atoms with Crippen molar-refractivity contribution in [2.75, 3.05) is 6.54 Å². The molecule has 0 aromatic heterocycles. The standard InChI is InChI=1S/C10H12NO3P/c12-10-7-4-8-11(10)15(13)14-9-5-2-1-3-6-9/h1-3,5-6,15H,4,7-8H2. The van der Waals surface area contributed by atoms with Crippen LogP contribution < -0.4 is 4.52 Å². The van der Waals surface area contributed by atoms with E-state index in [1.54, 1.807) is 24.3 Å². The summed E-state index contributed by atoms with van der Waals surface area (Å²) in [7, 11) is -2.43. The van der Waals surface area contributed by atoms with Gasteiger partial charge in [-0.15, -0.1) is 0 Å². The number of rotatable bonds is 3. The minimum Gasteiger partial charge on any atom is -0.431 e. The first kappa shape index (κ1) is 10.2. The molecule has 1 aliphatic heterocycles. The lowest BCUT2D eigenvalue weighted by Crippen LogP contribution is -2.17. The molecule has 0 radical (unpaired) electrons. The summed E-state index contributed by atoms with van der Waals surface area (Å²) >= 11 is 0. The fraction of sp³-hybridized carbons (Fsp3) is 0.300. The van der Waals surface area contributed by atoms with Gasteiger partial charge in [-0.1, -0.05) is 18.2 Å². The SMILES string of the molecule is O=C1CCCN1[PH](=O)Oc1ccccc1. The summed E-state index contributed by atoms with van der Waals surface area (Å²) in [6, 6.07) is 8.91. The van der Waals surface area contributed by atoms with Crippen molar-refractivity contribution in [1.82, 2.24) is 4.67 Å². The van der Waals surface area contributed by atoms with Crippen molar-refractivity contribution in [1.29, 1.82) is 0 Å². The highest BCUT2D eigenvalue weighted by Gasteiger charge is 2.25. The first-order valence-corrected chi connectivity index (χ1v) is 6.11. The fourth-order valence-electron chi connectivity index (χ4n) is 1.49. The molecule has 0 bridgehead atoms. The molecule has 1 heterocycles. The molecule has 0 saturated carbocycles. The Kier molecular flexibility index (Phi) is 3.07. The van der Waals surface area contributed by atoms with Crippen LogP contribution >= 0.6 is 8.18 Å². The predicted molar refractivity (Wildman–Crippen MR) is 57.0 cm³/mol. The second kappa shape index (κ2) is 4.49. The summed E-state index contributed by atoms with van der Waals surface area (Å²) in [5.74, 6) is 0.468. The summed E-state index contributed by atoms with van der Waals surface area (Å²) in [5.41, 5.74) is 0. The number of hydrogen-bond donors (Lipinski definition) is 0. The van der Waals surface area contributed by atoms with E-state index in [1.807, 2.05) is 6.07 Å². The molecule has 2 rings (SSSR count). The van der Waals surface area contributed by atoms with Crippen molar-refractivity contribution >= 4 is 14.1 Å². The quantitative estimate of drug-likeness (QED) is 0.740. The summed E-state index contributed by atoms with van der Waals surface area (Å²) in [5, 5.41) is 0. The number of benzene rings is 1. The van der Waals surface area contributed by atoms with Gasteiger partial charge in [0.25, 0.3) is 0 Å². The summed E-state index contributed by atoms with van der Waals surface area (Å²) in [6.07, 6.45) is 1.25. The van der Waals surface area contributed by atoms with E-state index in [9.17, 15) is 9.36 Å². The molecule has 0 aliphatic carbocycles. The van der Waals surface area contributed by atoms with Gasteiger partial charge in [0.1, 0.15) is 5.75 Å². The van der Waals surface area contributed by atoms with Crippen molar-refractivity contribution < 1.29 is 13.9 Å². The van der Waals surface area contributed by atoms with Gasteiger partial charge in [-0.25, -0.2) is 0 Å². The normalized spacial score (nSPS) is 17.9. The van der Waals surface area contributed by atoms with Gasteiger partial charge in [0.15, 0.2) is 0 Å². The van der Waals surface area contributed by atoms with Gasteiger partial charge in [-0.2, -0.15) is 0 Å². The fourth-order valence-corrected chi connectivity index (χ4v) is 2.59. The number of amides is 1. The average Bonchev–Trinajstić information content (AvgIpc) is 2.66. The predicted octanol–water partition coefficient (Wildman–Crippen LogP) is 2.08. The average molecular weight is 225 g/mol. The van der Waals surface area contributed by atoms with Crippen LogP contribution in [0.25, 0.3) is 0 Å². The molecule has 1 aromatic rings. The third-order valence-electron chi connectivity index (χ3n) is 2.24. The molecule has 1 atom stereocenters. The number of carbonyl (C=O) groups is 1. The van der Waals surface area contributed by atoms with Gasteiger partial charge in [0.05, 0.1) is 0 Å². The Bertz CT molecular complexity index is 380. The summed E-state index contributed by atoms with van der Waals surface area (Å²) in [6.45, 7) is 0.545. The zero-order valence-corrected chi connectivity index (χ0v) is 9.18. The molecule has 1 aromatic carbocycles. The molecule has 1 saturated heterocycles. The Labute approximate surface area is 88.8 Å². The van der Waals surface area contributed by atoms with E-state index in [0.717, 1.165) is 6.42 Å². The monoisotopic (exact) mass is 225 g/mol. The van der Waals surface area contributed by atoms with Crippen molar-refractivity contribution in [2.45, 2.75) is 12.8 Å². The van der Waals surface area contributed by atoms with Gasteiger partial charge in [0.2, 0.25) is 5.91 Å². The van der Waals surface area contributed by atoms with Gasteiger partial charge in [-0.05, 0) is 18.6 Å². The van der Waals surface area contributed by atoms with Crippen LogP contribution in [0.4, 0.5) is 0 Å². The van der Waals surface area contributed by atoms with Gasteiger partial charge < -0.3 is 4.52 Å². The summed E-state index contributed by atoms with van der Waals surface area (Å²) in [4.78, 5) is 11.3. The highest BCUT2D eigenvalue weighted by atomic mass is 31.1. The van der Waals surface area contributed by atoms with Crippen LogP contribution in [0.3, 0.4) is 0 Å². The van der Waals surface area contributed by atoms with E-state index in [0.29, 0.717) is 18.7 Å². The number of nitrogens with zero attached hydrogens (tertiary/aromatic N) is 1. The van der Waals surface area contributed by atoms with Crippen LogP contribution in [0, 0.1) is 0 Å². The molecule has 1 unspecified atom stereocenters. The highest BCUT2D eigenvalue weighted by Crippen LogP contribution is 2.34. The molecular formula is C10H12NO3P. The van der Waals surface area contributed by atoms with Crippen LogP contribution in [0.1, 0.15) is 12.8 Å². The van der Waals surface area contributed by atoms with E-state index >= 15 is 0 Å². The van der Waals surface area contributed by atoms with E-state index in [1.165, 1.54) is 4.67 Å². The molecule has 1 fully saturated rings. The van der Waals surface area contributed by atoms with E-state index in [-0.39, 0.29) is 5.91 Å². The Morgan fingerprint density at radius 1 is 1.27 bits per heavy atom. The van der Waals surface area contributed by atoms with Crippen molar-refractivity contribution in [2.24, 2.45) is 0 Å². The lowest BCUT2D eigenvalue weighted by atomic mass is 10.3. The molecule has 80 valence electrons. The molecule has 5 heteroatoms. The van der Waals surface area contributed by atoms with Gasteiger partial charge >= 0.3 is 8.18 Å². The van der Waals surface area contributed by atoms with Gasteiger partial charge in [-0.3, -0.25) is 14.0 Å². The Hall–Kier alpha value is -1.28. The second-order valence-electron chi connectivity index (χ2n) is 3.33. The van der Waals surface area contributed by atoms with Crippen molar-refractivity contribution in [3.8, 4) is 5.75 Å². The minimum absolute atomic E-state index is 0.0742. The van der Waals surface area contributed by atoms with E-state index < -0.39 is 8.18 Å².